The predicted molar refractivity (Wildman–Crippen MR) is 59.4 cm³/mol. The van der Waals surface area contributed by atoms with E-state index in [0.717, 1.165) is 0 Å². The topological polar surface area (TPSA) is 73.9 Å². The quantitative estimate of drug-likeness (QED) is 0.791. The first-order chi connectivity index (χ1) is 8.06. The Hall–Kier alpha value is -2.22. The molecule has 0 aliphatic heterocycles. The molecule has 4 nitrogen and oxygen atoms in total. The fourth-order valence-corrected chi connectivity index (χ4v) is 1.20. The van der Waals surface area contributed by atoms with Crippen molar-refractivity contribution in [3.63, 3.8) is 0 Å². The number of halogens is 1. The highest BCUT2D eigenvalue weighted by atomic mass is 19.1. The summed E-state index contributed by atoms with van der Waals surface area (Å²) >= 11 is 0. The number of hydrogen-bond acceptors (Lipinski definition) is 4. The molecule has 0 fully saturated rings. The number of ketones is 1. The van der Waals surface area contributed by atoms with Gasteiger partial charge in [-0.25, -0.2) is 4.39 Å². The lowest BCUT2D eigenvalue weighted by Gasteiger charge is -2.08. The molecule has 1 aromatic rings. The van der Waals surface area contributed by atoms with E-state index in [1.807, 2.05) is 0 Å². The number of hydrogen-bond donors (Lipinski definition) is 1. The van der Waals surface area contributed by atoms with E-state index in [4.69, 9.17) is 15.4 Å². The number of nitriles is 1. The van der Waals surface area contributed by atoms with Gasteiger partial charge in [-0.3, -0.25) is 4.79 Å². The van der Waals surface area contributed by atoms with Gasteiger partial charge in [-0.2, -0.15) is 5.26 Å². The number of Topliss-reactive ketones (excluding diaryl/α,β-unsaturated/α-hetero) is 1. The molecule has 5 heteroatoms. The van der Waals surface area contributed by atoms with Crippen LogP contribution in [-0.4, -0.2) is 18.1 Å². The van der Waals surface area contributed by atoms with E-state index < -0.39 is 24.1 Å². The number of para-hydroxylation sites is 1. The highest BCUT2D eigenvalue weighted by Gasteiger charge is 2.20. The molecule has 0 bridgehead atoms. The Labute approximate surface area is 98.1 Å². The molecule has 0 saturated heterocycles. The van der Waals surface area contributed by atoms with Gasteiger partial charge in [-0.15, -0.1) is 0 Å². The Balaban J connectivity index is 2.63. The van der Waals surface area contributed by atoms with Crippen molar-refractivity contribution in [2.45, 2.75) is 6.92 Å². The predicted octanol–water partition coefficient (Wildman–Crippen LogP) is 1.95. The summed E-state index contributed by atoms with van der Waals surface area (Å²) in [5.74, 6) is -2.29. The minimum absolute atomic E-state index is 0.0415. The van der Waals surface area contributed by atoms with Gasteiger partial charge in [-0.05, 0) is 19.1 Å². The van der Waals surface area contributed by atoms with E-state index in [-0.39, 0.29) is 11.5 Å². The molecule has 0 spiro atoms. The van der Waals surface area contributed by atoms with Gasteiger partial charge in [0.05, 0.1) is 6.07 Å². The van der Waals surface area contributed by atoms with Gasteiger partial charge in [0.1, 0.15) is 12.5 Å². The second-order valence-corrected chi connectivity index (χ2v) is 3.43. The molecule has 0 aromatic heterocycles. The molecule has 17 heavy (non-hydrogen) atoms. The summed E-state index contributed by atoms with van der Waals surface area (Å²) in [6.45, 7) is 0.949. The summed E-state index contributed by atoms with van der Waals surface area (Å²) in [5.41, 5.74) is -0.0466. The summed E-state index contributed by atoms with van der Waals surface area (Å²) in [7, 11) is 0. The van der Waals surface area contributed by atoms with Gasteiger partial charge < -0.3 is 10.1 Å². The molecule has 1 N–H and O–H groups in total. The molecule has 0 amide bonds. The van der Waals surface area contributed by atoms with Crippen LogP contribution in [-0.2, 0) is 4.79 Å². The van der Waals surface area contributed by atoms with Crippen molar-refractivity contribution in [2.75, 3.05) is 6.61 Å². The van der Waals surface area contributed by atoms with Gasteiger partial charge in [0, 0.05) is 5.71 Å². The molecular formula is C12H11FN2O2. The fourth-order valence-electron chi connectivity index (χ4n) is 1.20. The third-order valence-electron chi connectivity index (χ3n) is 2.09. The molecule has 0 radical (unpaired) electrons. The van der Waals surface area contributed by atoms with Crippen molar-refractivity contribution in [1.82, 2.24) is 0 Å². The van der Waals surface area contributed by atoms with E-state index in [1.54, 1.807) is 12.1 Å². The smallest absolute Gasteiger partial charge is 0.192 e. The zero-order valence-electron chi connectivity index (χ0n) is 9.24. The normalized spacial score (nSPS) is 11.4. The minimum Gasteiger partial charge on any atom is -0.483 e. The second-order valence-electron chi connectivity index (χ2n) is 3.43. The average molecular weight is 234 g/mol. The van der Waals surface area contributed by atoms with Gasteiger partial charge in [0.15, 0.2) is 17.3 Å². The van der Waals surface area contributed by atoms with Crippen molar-refractivity contribution < 1.29 is 13.9 Å². The van der Waals surface area contributed by atoms with Gasteiger partial charge >= 0.3 is 0 Å². The maximum atomic E-state index is 13.1. The highest BCUT2D eigenvalue weighted by Crippen LogP contribution is 2.15. The Morgan fingerprint density at radius 3 is 2.76 bits per heavy atom. The Morgan fingerprint density at radius 2 is 2.24 bits per heavy atom. The number of carbonyl (C=O) groups excluding carboxylic acids is 1. The Bertz CT molecular complexity index is 480. The lowest BCUT2D eigenvalue weighted by molar-refractivity contribution is -0.121. The maximum Gasteiger partial charge on any atom is 0.192 e. The fraction of sp³-hybridized carbons (Fsp3) is 0.250. The molecule has 1 rings (SSSR count). The van der Waals surface area contributed by atoms with Crippen LogP contribution in [0.5, 0.6) is 5.75 Å². The zero-order valence-corrected chi connectivity index (χ0v) is 9.24. The molecule has 0 heterocycles. The molecule has 0 saturated carbocycles. The largest absolute Gasteiger partial charge is 0.483 e. The Kier molecular flexibility index (Phi) is 4.35. The third-order valence-corrected chi connectivity index (χ3v) is 2.09. The first-order valence-corrected chi connectivity index (χ1v) is 4.91. The maximum absolute atomic E-state index is 13.1. The van der Waals surface area contributed by atoms with Crippen molar-refractivity contribution in [1.29, 1.82) is 10.7 Å². The van der Waals surface area contributed by atoms with E-state index in [9.17, 15) is 9.18 Å². The first kappa shape index (κ1) is 12.8. The third kappa shape index (κ3) is 3.38. The van der Waals surface area contributed by atoms with Crippen LogP contribution >= 0.6 is 0 Å². The standard InChI is InChI=1S/C12H11FN2O2/c1-8(15)9(6-14)11(16)7-17-12-5-3-2-4-10(12)13/h2-5,9,15H,7H2,1H3. The van der Waals surface area contributed by atoms with Gasteiger partial charge in [-0.1, -0.05) is 12.1 Å². The molecule has 0 aliphatic carbocycles. The number of nitrogens with zero attached hydrogens (tertiary/aromatic N) is 1. The van der Waals surface area contributed by atoms with Crippen LogP contribution in [0.1, 0.15) is 6.92 Å². The zero-order chi connectivity index (χ0) is 12.8. The van der Waals surface area contributed by atoms with Crippen molar-refractivity contribution >= 4 is 11.5 Å². The number of ether oxygens (including phenoxy) is 1. The number of nitrogens with one attached hydrogen (secondary N) is 1. The Morgan fingerprint density at radius 1 is 1.59 bits per heavy atom. The number of rotatable bonds is 5. The van der Waals surface area contributed by atoms with Gasteiger partial charge in [0.2, 0.25) is 0 Å². The molecule has 0 aliphatic rings. The van der Waals surface area contributed by atoms with Crippen LogP contribution in [0.3, 0.4) is 0 Å². The van der Waals surface area contributed by atoms with Crippen molar-refractivity contribution in [3.05, 3.63) is 30.1 Å². The van der Waals surface area contributed by atoms with Crippen LogP contribution in [0, 0.1) is 28.5 Å². The van der Waals surface area contributed by atoms with E-state index in [2.05, 4.69) is 0 Å². The van der Waals surface area contributed by atoms with E-state index >= 15 is 0 Å². The second kappa shape index (κ2) is 5.75. The van der Waals surface area contributed by atoms with E-state index in [1.165, 1.54) is 25.1 Å². The number of carbonyl (C=O) groups is 1. The molecule has 1 atom stereocenters. The average Bonchev–Trinajstić information content (AvgIpc) is 2.28. The summed E-state index contributed by atoms with van der Waals surface area (Å²) in [6.07, 6.45) is 0. The van der Waals surface area contributed by atoms with E-state index in [0.29, 0.717) is 0 Å². The van der Waals surface area contributed by atoms with Crippen molar-refractivity contribution in [3.8, 4) is 11.8 Å². The summed E-state index contributed by atoms with van der Waals surface area (Å²) in [4.78, 5) is 11.5. The lowest BCUT2D eigenvalue weighted by atomic mass is 10.0. The van der Waals surface area contributed by atoms with Crippen molar-refractivity contribution in [2.24, 2.45) is 5.92 Å². The number of benzene rings is 1. The molecule has 1 aromatic carbocycles. The highest BCUT2D eigenvalue weighted by molar-refractivity contribution is 6.05. The molecule has 1 unspecified atom stereocenters. The van der Waals surface area contributed by atoms with Gasteiger partial charge in [0.25, 0.3) is 0 Å². The first-order valence-electron chi connectivity index (χ1n) is 4.91. The monoisotopic (exact) mass is 234 g/mol. The summed E-state index contributed by atoms with van der Waals surface area (Å²) in [5, 5.41) is 15.9. The summed E-state index contributed by atoms with van der Waals surface area (Å²) in [6, 6.07) is 7.39. The molecule has 88 valence electrons. The van der Waals surface area contributed by atoms with Crippen LogP contribution in [0.4, 0.5) is 4.39 Å². The van der Waals surface area contributed by atoms with Crippen LogP contribution in [0.2, 0.25) is 0 Å². The minimum atomic E-state index is -1.12. The van der Waals surface area contributed by atoms with Crippen LogP contribution in [0.25, 0.3) is 0 Å². The van der Waals surface area contributed by atoms with Crippen LogP contribution < -0.4 is 4.74 Å². The lowest BCUT2D eigenvalue weighted by Crippen LogP contribution is -2.25. The van der Waals surface area contributed by atoms with Crippen LogP contribution in [0.15, 0.2) is 24.3 Å². The SMILES string of the molecule is CC(=N)C(C#N)C(=O)COc1ccccc1F. The summed E-state index contributed by atoms with van der Waals surface area (Å²) < 4.78 is 18.1. The molecular weight excluding hydrogens is 223 g/mol.